The third-order valence-corrected chi connectivity index (χ3v) is 2.87. The van der Waals surface area contributed by atoms with E-state index in [9.17, 15) is 8.76 Å². The topological polar surface area (TPSA) is 70.6 Å². The number of hydrogen-bond donors (Lipinski definition) is 1. The van der Waals surface area contributed by atoms with Crippen LogP contribution >= 0.6 is 0 Å². The van der Waals surface area contributed by atoms with Gasteiger partial charge in [-0.15, -0.1) is 0 Å². The van der Waals surface area contributed by atoms with E-state index in [4.69, 9.17) is 9.47 Å². The molecule has 0 aromatic rings. The van der Waals surface area contributed by atoms with E-state index < -0.39 is 17.3 Å². The van der Waals surface area contributed by atoms with Crippen LogP contribution in [0.4, 0.5) is 0 Å². The second-order valence-electron chi connectivity index (χ2n) is 3.54. The Balaban J connectivity index is 2.18. The molecule has 17 heavy (non-hydrogen) atoms. The Morgan fingerprint density at radius 3 is 2.94 bits per heavy atom. The van der Waals surface area contributed by atoms with Crippen LogP contribution in [0.2, 0.25) is 0 Å². The molecule has 1 N–H and O–H groups in total. The Morgan fingerprint density at radius 1 is 1.47 bits per heavy atom. The van der Waals surface area contributed by atoms with Crippen LogP contribution in [0.1, 0.15) is 12.8 Å². The molecule has 2 atom stereocenters. The number of rotatable bonds is 4. The molecule has 1 aliphatic heterocycles. The number of hydrogen-bond acceptors (Lipinski definition) is 4. The smallest absolute Gasteiger partial charge is 0.160 e. The van der Waals surface area contributed by atoms with Gasteiger partial charge in [0.1, 0.15) is 24.8 Å². The van der Waals surface area contributed by atoms with Gasteiger partial charge in [-0.05, 0) is 18.4 Å². The molecule has 0 saturated heterocycles. The lowest BCUT2D eigenvalue weighted by molar-refractivity contribution is 0.238. The van der Waals surface area contributed by atoms with Crippen LogP contribution in [0.5, 0.6) is 0 Å². The first-order valence-corrected chi connectivity index (χ1v) is 6.23. The molecule has 0 spiro atoms. The minimum absolute atomic E-state index is 0.429. The lowest BCUT2D eigenvalue weighted by Crippen LogP contribution is -2.35. The molecule has 92 valence electrons. The minimum Gasteiger partial charge on any atom is -0.760 e. The van der Waals surface area contributed by atoms with Crippen molar-refractivity contribution in [3.63, 3.8) is 0 Å². The Morgan fingerprint density at radius 2 is 2.35 bits per heavy atom. The summed E-state index contributed by atoms with van der Waals surface area (Å²) in [7, 11) is 0. The minimum atomic E-state index is -2.36. The van der Waals surface area contributed by atoms with Crippen LogP contribution in [0, 0.1) is 0 Å². The molecule has 6 heteroatoms. The second kappa shape index (κ2) is 5.81. The van der Waals surface area contributed by atoms with Gasteiger partial charge < -0.3 is 14.0 Å². The monoisotopic (exact) mass is 254 g/mol. The highest BCUT2D eigenvalue weighted by atomic mass is 32.2. The van der Waals surface area contributed by atoms with Gasteiger partial charge in [0.25, 0.3) is 0 Å². The summed E-state index contributed by atoms with van der Waals surface area (Å²) < 4.78 is 34.3. The Hall–Kier alpha value is -1.37. The molecule has 1 aliphatic carbocycles. The molecule has 5 nitrogen and oxygen atoms in total. The van der Waals surface area contributed by atoms with Crippen molar-refractivity contribution in [1.82, 2.24) is 4.72 Å². The molecular weight excluding hydrogens is 242 g/mol. The normalized spacial score (nSPS) is 21.9. The summed E-state index contributed by atoms with van der Waals surface area (Å²) in [5.41, 5.74) is 0.946. The van der Waals surface area contributed by atoms with Gasteiger partial charge in [-0.1, -0.05) is 18.2 Å². The third kappa shape index (κ3) is 3.29. The van der Waals surface area contributed by atoms with Gasteiger partial charge in [-0.25, -0.2) is 4.72 Å². The molecule has 0 aromatic carbocycles. The molecule has 0 fully saturated rings. The fraction of sp³-hybridized carbons (Fsp3) is 0.273. The SMILES string of the molecule is O=S([O-])NC(C1=CC=CCC1)C1=COC=CO1. The first kappa shape index (κ1) is 12.1. The maximum absolute atomic E-state index is 10.8. The van der Waals surface area contributed by atoms with Crippen molar-refractivity contribution in [3.8, 4) is 0 Å². The summed E-state index contributed by atoms with van der Waals surface area (Å²) in [5, 5.41) is 0. The van der Waals surface area contributed by atoms with Crippen molar-refractivity contribution in [2.24, 2.45) is 0 Å². The fourth-order valence-electron chi connectivity index (χ4n) is 1.68. The van der Waals surface area contributed by atoms with Gasteiger partial charge in [-0.3, -0.25) is 4.21 Å². The summed E-state index contributed by atoms with van der Waals surface area (Å²) in [6.45, 7) is 0. The summed E-state index contributed by atoms with van der Waals surface area (Å²) >= 11 is -2.36. The standard InChI is InChI=1S/C11H13NO4S/c13-17(14)12-11(9-4-2-1-3-5-9)10-8-15-6-7-16-10/h1-2,4,6-8,11-12H,3,5H2,(H,13,14)/p-1. The van der Waals surface area contributed by atoms with Gasteiger partial charge in [0.2, 0.25) is 0 Å². The fourth-order valence-corrected chi connectivity index (χ4v) is 2.14. The van der Waals surface area contributed by atoms with Crippen molar-refractivity contribution in [1.29, 1.82) is 0 Å². The number of ether oxygens (including phenoxy) is 2. The third-order valence-electron chi connectivity index (χ3n) is 2.44. The van der Waals surface area contributed by atoms with Crippen molar-refractivity contribution < 1.29 is 18.2 Å². The zero-order chi connectivity index (χ0) is 12.1. The Labute approximate surface area is 102 Å². The van der Waals surface area contributed by atoms with Crippen molar-refractivity contribution in [2.45, 2.75) is 18.9 Å². The van der Waals surface area contributed by atoms with Gasteiger partial charge in [-0.2, -0.15) is 0 Å². The van der Waals surface area contributed by atoms with Crippen LogP contribution in [0.25, 0.3) is 0 Å². The Bertz CT molecular complexity index is 425. The van der Waals surface area contributed by atoms with E-state index in [2.05, 4.69) is 4.72 Å². The molecule has 0 bridgehead atoms. The van der Waals surface area contributed by atoms with Crippen LogP contribution in [-0.2, 0) is 20.7 Å². The zero-order valence-electron chi connectivity index (χ0n) is 9.00. The lowest BCUT2D eigenvalue weighted by atomic mass is 9.97. The lowest BCUT2D eigenvalue weighted by Gasteiger charge is -2.26. The average Bonchev–Trinajstić information content (AvgIpc) is 2.38. The van der Waals surface area contributed by atoms with Gasteiger partial charge in [0.15, 0.2) is 5.76 Å². The number of allylic oxidation sites excluding steroid dienone is 3. The van der Waals surface area contributed by atoms with Gasteiger partial charge >= 0.3 is 0 Å². The molecule has 0 radical (unpaired) electrons. The maximum atomic E-state index is 10.8. The molecule has 0 saturated carbocycles. The maximum Gasteiger partial charge on any atom is 0.160 e. The van der Waals surface area contributed by atoms with Gasteiger partial charge in [0.05, 0.1) is 0 Å². The highest BCUT2D eigenvalue weighted by molar-refractivity contribution is 7.77. The molecule has 2 aliphatic rings. The molecule has 0 amide bonds. The van der Waals surface area contributed by atoms with Gasteiger partial charge in [0, 0.05) is 11.3 Å². The summed E-state index contributed by atoms with van der Waals surface area (Å²) in [6, 6.07) is -0.511. The summed E-state index contributed by atoms with van der Waals surface area (Å²) in [4.78, 5) is 0. The second-order valence-corrected chi connectivity index (χ2v) is 4.25. The predicted molar refractivity (Wildman–Crippen MR) is 61.7 cm³/mol. The first-order valence-electron chi connectivity index (χ1n) is 5.15. The van der Waals surface area contributed by atoms with E-state index in [1.54, 1.807) is 0 Å². The highest BCUT2D eigenvalue weighted by Crippen LogP contribution is 2.23. The van der Waals surface area contributed by atoms with Crippen LogP contribution in [-0.4, -0.2) is 14.8 Å². The van der Waals surface area contributed by atoms with E-state index in [0.29, 0.717) is 5.76 Å². The van der Waals surface area contributed by atoms with Crippen molar-refractivity contribution in [2.75, 3.05) is 0 Å². The van der Waals surface area contributed by atoms with Crippen LogP contribution in [0.3, 0.4) is 0 Å². The molecule has 2 rings (SSSR count). The van der Waals surface area contributed by atoms with E-state index in [0.717, 1.165) is 18.4 Å². The average molecular weight is 254 g/mol. The molecule has 0 aromatic heterocycles. The van der Waals surface area contributed by atoms with Crippen molar-refractivity contribution >= 4 is 11.3 Å². The quantitative estimate of drug-likeness (QED) is 0.769. The summed E-state index contributed by atoms with van der Waals surface area (Å²) in [6.07, 6.45) is 11.6. The predicted octanol–water partition coefficient (Wildman–Crippen LogP) is 1.37. The number of nitrogens with one attached hydrogen (secondary N) is 1. The first-order chi connectivity index (χ1) is 8.27. The van der Waals surface area contributed by atoms with Crippen molar-refractivity contribution in [3.05, 3.63) is 48.3 Å². The van der Waals surface area contributed by atoms with E-state index in [-0.39, 0.29) is 0 Å². The molecular formula is C11H12NO4S-. The van der Waals surface area contributed by atoms with Crippen LogP contribution in [0.15, 0.2) is 48.3 Å². The van der Waals surface area contributed by atoms with Crippen LogP contribution < -0.4 is 4.72 Å². The van der Waals surface area contributed by atoms with E-state index >= 15 is 0 Å². The molecule has 1 heterocycles. The van der Waals surface area contributed by atoms with E-state index in [1.165, 1.54) is 18.8 Å². The highest BCUT2D eigenvalue weighted by Gasteiger charge is 2.22. The van der Waals surface area contributed by atoms with E-state index in [1.807, 2.05) is 18.2 Å². The Kier molecular flexibility index (Phi) is 4.13. The zero-order valence-corrected chi connectivity index (χ0v) is 9.81. The summed E-state index contributed by atoms with van der Waals surface area (Å²) in [5.74, 6) is 0.429. The largest absolute Gasteiger partial charge is 0.760 e. The molecule has 2 unspecified atom stereocenters.